The molecule has 3 aromatic carbocycles. The molecule has 0 unspecified atom stereocenters. The van der Waals surface area contributed by atoms with Gasteiger partial charge in [0, 0.05) is 16.2 Å². The highest BCUT2D eigenvalue weighted by Gasteiger charge is 2.45. The zero-order chi connectivity index (χ0) is 25.2. The van der Waals surface area contributed by atoms with Crippen molar-refractivity contribution in [1.29, 1.82) is 0 Å². The van der Waals surface area contributed by atoms with Crippen molar-refractivity contribution in [2.24, 2.45) is 0 Å². The molecule has 0 spiro atoms. The van der Waals surface area contributed by atoms with E-state index in [1.807, 2.05) is 0 Å². The van der Waals surface area contributed by atoms with Gasteiger partial charge in [-0.25, -0.2) is 4.79 Å². The summed E-state index contributed by atoms with van der Waals surface area (Å²) in [5, 5.41) is 80.7. The summed E-state index contributed by atoms with van der Waals surface area (Å²) in [5.41, 5.74) is -1.03. The third kappa shape index (κ3) is 3.38. The molecule has 1 aliphatic heterocycles. The molecule has 0 saturated carbocycles. The Morgan fingerprint density at radius 2 is 1.57 bits per heavy atom. The minimum Gasteiger partial charge on any atom is -0.507 e. The molecule has 1 fully saturated rings. The van der Waals surface area contributed by atoms with E-state index in [4.69, 9.17) is 13.9 Å². The van der Waals surface area contributed by atoms with Gasteiger partial charge in [0.05, 0.1) is 17.4 Å². The maximum atomic E-state index is 12.6. The number of hydrogen-bond donors (Lipinski definition) is 8. The summed E-state index contributed by atoms with van der Waals surface area (Å²) in [4.78, 5) is 12.6. The van der Waals surface area contributed by atoms with Crippen molar-refractivity contribution in [2.75, 3.05) is 6.61 Å². The molecule has 35 heavy (non-hydrogen) atoms. The molecule has 0 amide bonds. The van der Waals surface area contributed by atoms with Crippen LogP contribution < -0.4 is 10.4 Å². The van der Waals surface area contributed by atoms with Gasteiger partial charge >= 0.3 is 5.63 Å². The van der Waals surface area contributed by atoms with Crippen LogP contribution in [0.4, 0.5) is 0 Å². The second-order valence-corrected chi connectivity index (χ2v) is 8.17. The van der Waals surface area contributed by atoms with E-state index in [2.05, 4.69) is 0 Å². The lowest BCUT2D eigenvalue weighted by molar-refractivity contribution is -0.277. The van der Waals surface area contributed by atoms with E-state index in [-0.39, 0.29) is 44.0 Å². The fourth-order valence-corrected chi connectivity index (χ4v) is 4.31. The van der Waals surface area contributed by atoms with E-state index in [9.17, 15) is 45.6 Å². The first-order valence-corrected chi connectivity index (χ1v) is 10.4. The van der Waals surface area contributed by atoms with Crippen LogP contribution in [0.25, 0.3) is 32.5 Å². The lowest BCUT2D eigenvalue weighted by Crippen LogP contribution is -2.60. The topological polar surface area (TPSA) is 211 Å². The van der Waals surface area contributed by atoms with Gasteiger partial charge in [-0.2, -0.15) is 0 Å². The number of phenols is 4. The van der Waals surface area contributed by atoms with E-state index in [0.717, 1.165) is 6.07 Å². The molecule has 12 heteroatoms. The largest absolute Gasteiger partial charge is 0.507 e. The van der Waals surface area contributed by atoms with Crippen LogP contribution in [-0.4, -0.2) is 78.2 Å². The number of aromatic hydroxyl groups is 4. The molecule has 1 saturated heterocycles. The Balaban J connectivity index is 1.81. The molecule has 184 valence electrons. The van der Waals surface area contributed by atoms with Gasteiger partial charge in [0.2, 0.25) is 12.0 Å². The van der Waals surface area contributed by atoms with Crippen LogP contribution in [-0.2, 0) is 4.74 Å². The summed E-state index contributed by atoms with van der Waals surface area (Å²) in [7, 11) is 0. The van der Waals surface area contributed by atoms with Gasteiger partial charge < -0.3 is 54.7 Å². The molecule has 8 N–H and O–H groups in total. The van der Waals surface area contributed by atoms with Crippen LogP contribution >= 0.6 is 0 Å². The number of phenolic OH excluding ortho intramolecular Hbond substituents is 4. The molecule has 0 aliphatic carbocycles. The number of rotatable bonds is 3. The number of benzene rings is 3. The van der Waals surface area contributed by atoms with Crippen molar-refractivity contribution < 1.29 is 54.7 Å². The van der Waals surface area contributed by atoms with E-state index in [0.29, 0.717) is 0 Å². The Hall–Kier alpha value is -3.81. The number of ether oxygens (including phenoxy) is 2. The zero-order valence-electron chi connectivity index (χ0n) is 17.7. The van der Waals surface area contributed by atoms with Gasteiger partial charge in [0.1, 0.15) is 41.5 Å². The molecule has 0 radical (unpaired) electrons. The first-order valence-electron chi connectivity index (χ1n) is 10.4. The van der Waals surface area contributed by atoms with Crippen LogP contribution in [0.3, 0.4) is 0 Å². The summed E-state index contributed by atoms with van der Waals surface area (Å²) in [5.74, 6) is -2.91. The SMILES string of the molecule is O=c1oc2c3cccc(O)c3c(O[C@@H]3O[C@H](CO)[C@@H](O)[C@H](O)[C@H]3O)cc2c2c(O)c(O)c(O)cc12. The Morgan fingerprint density at radius 1 is 0.829 bits per heavy atom. The Morgan fingerprint density at radius 3 is 2.29 bits per heavy atom. The number of aliphatic hydroxyl groups excluding tert-OH is 4. The highest BCUT2D eigenvalue weighted by Crippen LogP contribution is 2.46. The number of hydrogen-bond acceptors (Lipinski definition) is 12. The van der Waals surface area contributed by atoms with Crippen molar-refractivity contribution in [3.63, 3.8) is 0 Å². The summed E-state index contributed by atoms with van der Waals surface area (Å²) < 4.78 is 16.6. The normalized spacial score (nSPS) is 24.9. The average molecular weight is 488 g/mol. The van der Waals surface area contributed by atoms with Crippen LogP contribution in [0.2, 0.25) is 0 Å². The summed E-state index contributed by atoms with van der Waals surface area (Å²) in [6.45, 7) is -0.693. The summed E-state index contributed by atoms with van der Waals surface area (Å²) >= 11 is 0. The predicted octanol–water partition coefficient (Wildman–Crippen LogP) is 0.100. The van der Waals surface area contributed by atoms with Gasteiger partial charge in [-0.1, -0.05) is 12.1 Å². The first-order chi connectivity index (χ1) is 16.6. The summed E-state index contributed by atoms with van der Waals surface area (Å²) in [6.07, 6.45) is -7.99. The first kappa shape index (κ1) is 23.0. The zero-order valence-corrected chi connectivity index (χ0v) is 17.7. The van der Waals surface area contributed by atoms with Gasteiger partial charge in [0.25, 0.3) is 0 Å². The molecule has 1 aliphatic rings. The van der Waals surface area contributed by atoms with Crippen molar-refractivity contribution in [3.05, 3.63) is 40.8 Å². The maximum absolute atomic E-state index is 12.6. The quantitative estimate of drug-likeness (QED) is 0.110. The smallest absolute Gasteiger partial charge is 0.344 e. The van der Waals surface area contributed by atoms with E-state index in [1.54, 1.807) is 0 Å². The van der Waals surface area contributed by atoms with Gasteiger partial charge in [-0.3, -0.25) is 0 Å². The molecule has 5 atom stereocenters. The van der Waals surface area contributed by atoms with E-state index < -0.39 is 60.2 Å². The Labute approximate surface area is 194 Å². The Kier molecular flexibility index (Phi) is 5.34. The standard InChI is InChI=1S/C23H20O12/c24-6-13-17(28)19(30)20(31)23(34-13)33-12-5-8-14-9(4-11(26)16(27)18(14)29)22(32)35-21(8)7-2-1-3-10(25)15(7)12/h1-5,13,17,19-20,23-31H,6H2/t13-,17-,19+,20-,23-/m1/s1. The van der Waals surface area contributed by atoms with Crippen LogP contribution in [0.15, 0.2) is 39.5 Å². The minimum absolute atomic E-state index is 0.0157. The fourth-order valence-electron chi connectivity index (χ4n) is 4.31. The molecule has 12 nitrogen and oxygen atoms in total. The number of fused-ring (bicyclic) bond motifs is 5. The van der Waals surface area contributed by atoms with Crippen molar-refractivity contribution in [1.82, 2.24) is 0 Å². The van der Waals surface area contributed by atoms with Crippen LogP contribution in [0.5, 0.6) is 28.7 Å². The molecular formula is C23H20O12. The molecule has 4 aromatic rings. The predicted molar refractivity (Wildman–Crippen MR) is 119 cm³/mol. The van der Waals surface area contributed by atoms with Crippen molar-refractivity contribution in [3.8, 4) is 28.7 Å². The lowest BCUT2D eigenvalue weighted by atomic mass is 9.98. The summed E-state index contributed by atoms with van der Waals surface area (Å²) in [6, 6.07) is 6.40. The molecule has 0 bridgehead atoms. The van der Waals surface area contributed by atoms with Crippen molar-refractivity contribution >= 4 is 32.5 Å². The third-order valence-corrected chi connectivity index (χ3v) is 6.08. The molecule has 5 rings (SSSR count). The monoisotopic (exact) mass is 488 g/mol. The Bertz CT molecular complexity index is 1530. The fraction of sp³-hybridized carbons (Fsp3) is 0.261. The molecule has 1 aromatic heterocycles. The third-order valence-electron chi connectivity index (χ3n) is 6.08. The maximum Gasteiger partial charge on any atom is 0.344 e. The second-order valence-electron chi connectivity index (χ2n) is 8.17. The number of aliphatic hydroxyl groups is 4. The highest BCUT2D eigenvalue weighted by molar-refractivity contribution is 6.19. The van der Waals surface area contributed by atoms with E-state index >= 15 is 0 Å². The minimum atomic E-state index is -1.76. The van der Waals surface area contributed by atoms with Gasteiger partial charge in [0.15, 0.2) is 11.5 Å². The van der Waals surface area contributed by atoms with Gasteiger partial charge in [-0.05, 0) is 18.2 Å². The average Bonchev–Trinajstić information content (AvgIpc) is 2.83. The van der Waals surface area contributed by atoms with Crippen LogP contribution in [0.1, 0.15) is 0 Å². The highest BCUT2D eigenvalue weighted by atomic mass is 16.7. The second kappa shape index (κ2) is 8.15. The molecule has 2 heterocycles. The molecular weight excluding hydrogens is 468 g/mol. The lowest BCUT2D eigenvalue weighted by Gasteiger charge is -2.39. The van der Waals surface area contributed by atoms with Gasteiger partial charge in [-0.15, -0.1) is 0 Å². The van der Waals surface area contributed by atoms with Crippen LogP contribution in [0, 0.1) is 0 Å². The van der Waals surface area contributed by atoms with Crippen molar-refractivity contribution in [2.45, 2.75) is 30.7 Å². The van der Waals surface area contributed by atoms with E-state index in [1.165, 1.54) is 24.3 Å².